The number of carbonyl (C=O) groups is 1. The number of rotatable bonds is 4. The summed E-state index contributed by atoms with van der Waals surface area (Å²) >= 11 is 0. The number of benzene rings is 1. The van der Waals surface area contributed by atoms with Gasteiger partial charge in [0.15, 0.2) is 0 Å². The fourth-order valence-electron chi connectivity index (χ4n) is 2.72. The smallest absolute Gasteiger partial charge is 0.269 e. The molecule has 1 aromatic carbocycles. The van der Waals surface area contributed by atoms with E-state index >= 15 is 0 Å². The number of hydrogen-bond donors (Lipinski definition) is 2. The second-order valence-corrected chi connectivity index (χ2v) is 8.26. The molecule has 3 rings (SSSR count). The van der Waals surface area contributed by atoms with Gasteiger partial charge in [0.2, 0.25) is 0 Å². The van der Waals surface area contributed by atoms with Crippen molar-refractivity contribution in [3.63, 3.8) is 0 Å². The number of halogens is 1. The van der Waals surface area contributed by atoms with E-state index in [1.807, 2.05) is 0 Å². The largest absolute Gasteiger partial charge is 0.350 e. The van der Waals surface area contributed by atoms with E-state index in [0.717, 1.165) is 0 Å². The highest BCUT2D eigenvalue weighted by Gasteiger charge is 2.24. The number of H-pyrrole nitrogens is 1. The van der Waals surface area contributed by atoms with Crippen molar-refractivity contribution in [2.75, 3.05) is 18.1 Å². The van der Waals surface area contributed by atoms with Crippen LogP contribution in [0.4, 0.5) is 4.39 Å². The van der Waals surface area contributed by atoms with Crippen LogP contribution < -0.4 is 5.32 Å². The fraction of sp³-hybridized carbons (Fsp3) is 0.375. The normalized spacial score (nSPS) is 17.5. The quantitative estimate of drug-likeness (QED) is 0.878. The Labute approximate surface area is 139 Å². The Morgan fingerprint density at radius 2 is 2.00 bits per heavy atom. The first kappa shape index (κ1) is 16.6. The number of nitrogens with zero attached hydrogens (tertiary/aromatic N) is 1. The molecule has 2 aromatic rings. The van der Waals surface area contributed by atoms with Crippen molar-refractivity contribution < 1.29 is 17.6 Å². The zero-order chi connectivity index (χ0) is 17.2. The molecule has 1 aliphatic rings. The van der Waals surface area contributed by atoms with Crippen LogP contribution in [0.3, 0.4) is 0 Å². The maximum Gasteiger partial charge on any atom is 0.269 e. The first-order valence-electron chi connectivity index (χ1n) is 7.73. The molecule has 1 amide bonds. The molecule has 1 fully saturated rings. The Bertz CT molecular complexity index is 834. The number of aromatic amines is 1. The maximum atomic E-state index is 13.7. The molecule has 1 aliphatic heterocycles. The van der Waals surface area contributed by atoms with Gasteiger partial charge in [-0.15, -0.1) is 0 Å². The number of aromatic nitrogens is 2. The third-order valence-corrected chi connectivity index (χ3v) is 5.91. The number of hydrogen-bond acceptors (Lipinski definition) is 4. The van der Waals surface area contributed by atoms with E-state index in [2.05, 4.69) is 15.5 Å². The lowest BCUT2D eigenvalue weighted by molar-refractivity contribution is 0.0941. The molecule has 0 atom stereocenters. The van der Waals surface area contributed by atoms with Gasteiger partial charge in [-0.1, -0.05) is 12.1 Å². The molecule has 0 radical (unpaired) electrons. The van der Waals surface area contributed by atoms with Crippen LogP contribution >= 0.6 is 0 Å². The molecule has 0 unspecified atom stereocenters. The third kappa shape index (κ3) is 3.81. The summed E-state index contributed by atoms with van der Waals surface area (Å²) in [6, 6.07) is 7.71. The van der Waals surface area contributed by atoms with E-state index in [0.29, 0.717) is 30.6 Å². The average Bonchev–Trinajstić information content (AvgIpc) is 3.04. The van der Waals surface area contributed by atoms with Gasteiger partial charge in [-0.05, 0) is 37.0 Å². The van der Waals surface area contributed by atoms with Gasteiger partial charge in [0.1, 0.15) is 21.3 Å². The zero-order valence-corrected chi connectivity index (χ0v) is 13.8. The van der Waals surface area contributed by atoms with E-state index < -0.39 is 15.7 Å². The number of sulfone groups is 1. The van der Waals surface area contributed by atoms with Crippen LogP contribution in [0.25, 0.3) is 11.3 Å². The van der Waals surface area contributed by atoms with Crippen molar-refractivity contribution in [2.45, 2.75) is 12.8 Å². The first-order valence-corrected chi connectivity index (χ1v) is 9.56. The first-order chi connectivity index (χ1) is 11.4. The van der Waals surface area contributed by atoms with Gasteiger partial charge >= 0.3 is 0 Å². The standard InChI is InChI=1S/C16H18FN3O3S/c17-13-4-2-1-3-12(13)14-9-15(20-19-14)16(21)18-10-11-5-7-24(22,23)8-6-11/h1-4,9,11H,5-8,10H2,(H,18,21)(H,19,20). The molecule has 2 N–H and O–H groups in total. The predicted molar refractivity (Wildman–Crippen MR) is 87.7 cm³/mol. The van der Waals surface area contributed by atoms with Gasteiger partial charge in [-0.2, -0.15) is 5.10 Å². The third-order valence-electron chi connectivity index (χ3n) is 4.20. The van der Waals surface area contributed by atoms with Crippen LogP contribution in [0.15, 0.2) is 30.3 Å². The Balaban J connectivity index is 1.60. The average molecular weight is 351 g/mol. The van der Waals surface area contributed by atoms with Crippen LogP contribution in [0, 0.1) is 11.7 Å². The van der Waals surface area contributed by atoms with E-state index in [9.17, 15) is 17.6 Å². The molecule has 1 aromatic heterocycles. The molecule has 128 valence electrons. The zero-order valence-electron chi connectivity index (χ0n) is 13.0. The lowest BCUT2D eigenvalue weighted by Gasteiger charge is -2.21. The highest BCUT2D eigenvalue weighted by Crippen LogP contribution is 2.21. The van der Waals surface area contributed by atoms with E-state index in [1.165, 1.54) is 12.1 Å². The van der Waals surface area contributed by atoms with Crippen molar-refractivity contribution in [1.29, 1.82) is 0 Å². The van der Waals surface area contributed by atoms with Crippen molar-refractivity contribution in [2.24, 2.45) is 5.92 Å². The highest BCUT2D eigenvalue weighted by atomic mass is 32.2. The summed E-state index contributed by atoms with van der Waals surface area (Å²) in [4.78, 5) is 12.1. The summed E-state index contributed by atoms with van der Waals surface area (Å²) in [5.41, 5.74) is 0.934. The SMILES string of the molecule is O=C(NCC1CCS(=O)(=O)CC1)c1cc(-c2ccccc2F)n[nH]1. The summed E-state index contributed by atoms with van der Waals surface area (Å²) in [7, 11) is -2.90. The van der Waals surface area contributed by atoms with E-state index in [-0.39, 0.29) is 29.0 Å². The van der Waals surface area contributed by atoms with Gasteiger partial charge in [0.25, 0.3) is 5.91 Å². The lowest BCUT2D eigenvalue weighted by Crippen LogP contribution is -2.34. The van der Waals surface area contributed by atoms with Crippen molar-refractivity contribution in [1.82, 2.24) is 15.5 Å². The van der Waals surface area contributed by atoms with E-state index in [4.69, 9.17) is 0 Å². The molecule has 0 aliphatic carbocycles. The predicted octanol–water partition coefficient (Wildman–Crippen LogP) is 1.77. The molecule has 6 nitrogen and oxygen atoms in total. The van der Waals surface area contributed by atoms with Crippen LogP contribution in [0.2, 0.25) is 0 Å². The summed E-state index contributed by atoms with van der Waals surface area (Å²) < 4.78 is 36.5. The number of nitrogens with one attached hydrogen (secondary N) is 2. The van der Waals surface area contributed by atoms with Crippen molar-refractivity contribution >= 4 is 15.7 Å². The minimum absolute atomic E-state index is 0.159. The Hall–Kier alpha value is -2.22. The minimum Gasteiger partial charge on any atom is -0.350 e. The van der Waals surface area contributed by atoms with Crippen LogP contribution in [0.5, 0.6) is 0 Å². The molecule has 0 spiro atoms. The van der Waals surface area contributed by atoms with Crippen molar-refractivity contribution in [3.8, 4) is 11.3 Å². The Kier molecular flexibility index (Phi) is 4.66. The monoisotopic (exact) mass is 351 g/mol. The molecule has 2 heterocycles. The number of amides is 1. The van der Waals surface area contributed by atoms with Gasteiger partial charge < -0.3 is 5.32 Å². The molecule has 8 heteroatoms. The molecular weight excluding hydrogens is 333 g/mol. The topological polar surface area (TPSA) is 91.9 Å². The Morgan fingerprint density at radius 3 is 2.71 bits per heavy atom. The van der Waals surface area contributed by atoms with Gasteiger partial charge in [-0.25, -0.2) is 12.8 Å². The molecule has 0 bridgehead atoms. The minimum atomic E-state index is -2.90. The second kappa shape index (κ2) is 6.72. The van der Waals surface area contributed by atoms with Gasteiger partial charge in [-0.3, -0.25) is 9.89 Å². The summed E-state index contributed by atoms with van der Waals surface area (Å²) in [6.07, 6.45) is 1.12. The van der Waals surface area contributed by atoms with Crippen molar-refractivity contribution in [3.05, 3.63) is 41.8 Å². The lowest BCUT2D eigenvalue weighted by atomic mass is 10.0. The van der Waals surface area contributed by atoms with Crippen LogP contribution in [-0.2, 0) is 9.84 Å². The van der Waals surface area contributed by atoms with Crippen LogP contribution in [-0.4, -0.2) is 42.6 Å². The molecule has 24 heavy (non-hydrogen) atoms. The van der Waals surface area contributed by atoms with E-state index in [1.54, 1.807) is 18.2 Å². The summed E-state index contributed by atoms with van der Waals surface area (Å²) in [6.45, 7) is 0.419. The molecule has 1 saturated heterocycles. The molecule has 0 saturated carbocycles. The number of carbonyl (C=O) groups excluding carboxylic acids is 1. The Morgan fingerprint density at radius 1 is 1.29 bits per heavy atom. The van der Waals surface area contributed by atoms with Crippen LogP contribution in [0.1, 0.15) is 23.3 Å². The fourth-order valence-corrected chi connectivity index (χ4v) is 4.31. The summed E-state index contributed by atoms with van der Waals surface area (Å²) in [5, 5.41) is 9.36. The van der Waals surface area contributed by atoms with Gasteiger partial charge in [0.05, 0.1) is 17.2 Å². The molecular formula is C16H18FN3O3S. The maximum absolute atomic E-state index is 13.7. The van der Waals surface area contributed by atoms with Gasteiger partial charge in [0, 0.05) is 12.1 Å². The second-order valence-electron chi connectivity index (χ2n) is 5.95. The highest BCUT2D eigenvalue weighted by molar-refractivity contribution is 7.91. The summed E-state index contributed by atoms with van der Waals surface area (Å²) in [5.74, 6) is -0.228.